The summed E-state index contributed by atoms with van der Waals surface area (Å²) in [7, 11) is 0. The predicted octanol–water partition coefficient (Wildman–Crippen LogP) is 4.48. The molecule has 0 saturated heterocycles. The molecule has 0 unspecified atom stereocenters. The lowest BCUT2D eigenvalue weighted by atomic mass is 10.1. The summed E-state index contributed by atoms with van der Waals surface area (Å²) < 4.78 is 5.01. The number of hydrogen-bond acceptors (Lipinski definition) is 6. The number of nitrogens with one attached hydrogen (secondary N) is 2. The molecule has 0 aliphatic carbocycles. The van der Waals surface area contributed by atoms with E-state index < -0.39 is 11.9 Å². The Bertz CT molecular complexity index is 1000. The van der Waals surface area contributed by atoms with E-state index in [0.717, 1.165) is 30.0 Å². The first-order valence-electron chi connectivity index (χ1n) is 10.2. The van der Waals surface area contributed by atoms with Gasteiger partial charge in [0.25, 0.3) is 5.91 Å². The molecule has 7 heteroatoms. The van der Waals surface area contributed by atoms with Gasteiger partial charge in [-0.15, -0.1) is 0 Å². The van der Waals surface area contributed by atoms with Crippen molar-refractivity contribution < 1.29 is 14.3 Å². The lowest BCUT2D eigenvalue weighted by Gasteiger charge is -2.22. The number of hydrogen-bond donors (Lipinski definition) is 2. The van der Waals surface area contributed by atoms with Crippen molar-refractivity contribution in [3.63, 3.8) is 0 Å². The standard InChI is InChI=1S/C24H28N4O3/c1-5-28(6-2)19-12-13-21(17(4)14-19)26-16-18(15-25)23(29)27-22-11-9-8-10-20(22)24(30)31-7-3/h8-14,16,26H,5-7H2,1-4H3,(H,27,29)/b18-16-. The molecule has 0 aliphatic heterocycles. The first-order chi connectivity index (χ1) is 14.9. The number of amides is 1. The molecular formula is C24H28N4O3. The number of anilines is 3. The molecule has 0 saturated carbocycles. The zero-order valence-electron chi connectivity index (χ0n) is 18.4. The second-order valence-corrected chi connectivity index (χ2v) is 6.71. The van der Waals surface area contributed by atoms with Crippen molar-refractivity contribution in [2.24, 2.45) is 0 Å². The van der Waals surface area contributed by atoms with E-state index in [1.807, 2.05) is 25.1 Å². The summed E-state index contributed by atoms with van der Waals surface area (Å²) in [5.41, 5.74) is 3.30. The third-order valence-corrected chi connectivity index (χ3v) is 4.75. The minimum absolute atomic E-state index is 0.120. The van der Waals surface area contributed by atoms with Crippen molar-refractivity contribution in [1.82, 2.24) is 0 Å². The molecule has 0 radical (unpaired) electrons. The first kappa shape index (κ1) is 23.5. The van der Waals surface area contributed by atoms with Crippen molar-refractivity contribution in [2.75, 3.05) is 35.2 Å². The van der Waals surface area contributed by atoms with Crippen LogP contribution in [0.15, 0.2) is 54.2 Å². The Kier molecular flexibility index (Phi) is 8.64. The van der Waals surface area contributed by atoms with Gasteiger partial charge in [-0.1, -0.05) is 12.1 Å². The fourth-order valence-corrected chi connectivity index (χ4v) is 3.06. The van der Waals surface area contributed by atoms with Gasteiger partial charge in [-0.3, -0.25) is 4.79 Å². The van der Waals surface area contributed by atoms with Gasteiger partial charge < -0.3 is 20.3 Å². The average Bonchev–Trinajstić information content (AvgIpc) is 2.76. The SMILES string of the molecule is CCOC(=O)c1ccccc1NC(=O)/C(C#N)=C\Nc1ccc(N(CC)CC)cc1C. The number of ether oxygens (including phenoxy) is 1. The summed E-state index contributed by atoms with van der Waals surface area (Å²) in [4.78, 5) is 26.9. The normalized spacial score (nSPS) is 10.7. The number of carbonyl (C=O) groups is 2. The Balaban J connectivity index is 2.17. The third-order valence-electron chi connectivity index (χ3n) is 4.75. The fourth-order valence-electron chi connectivity index (χ4n) is 3.06. The smallest absolute Gasteiger partial charge is 0.340 e. The minimum Gasteiger partial charge on any atom is -0.462 e. The summed E-state index contributed by atoms with van der Waals surface area (Å²) in [5.74, 6) is -1.16. The molecule has 1 amide bonds. The second-order valence-electron chi connectivity index (χ2n) is 6.71. The molecule has 2 aromatic carbocycles. The molecule has 7 nitrogen and oxygen atoms in total. The van der Waals surface area contributed by atoms with Gasteiger partial charge in [0.15, 0.2) is 0 Å². The van der Waals surface area contributed by atoms with E-state index >= 15 is 0 Å². The summed E-state index contributed by atoms with van der Waals surface area (Å²) in [6.07, 6.45) is 1.36. The minimum atomic E-state index is -0.621. The van der Waals surface area contributed by atoms with Crippen molar-refractivity contribution in [1.29, 1.82) is 5.26 Å². The van der Waals surface area contributed by atoms with Crippen LogP contribution in [0.5, 0.6) is 0 Å². The molecular weight excluding hydrogens is 392 g/mol. The summed E-state index contributed by atoms with van der Waals surface area (Å²) >= 11 is 0. The highest BCUT2D eigenvalue weighted by atomic mass is 16.5. The quantitative estimate of drug-likeness (QED) is 0.353. The van der Waals surface area contributed by atoms with Gasteiger partial charge in [0, 0.05) is 30.7 Å². The number of nitrogens with zero attached hydrogens (tertiary/aromatic N) is 2. The first-order valence-corrected chi connectivity index (χ1v) is 10.2. The molecule has 2 rings (SSSR count). The van der Waals surface area contributed by atoms with Crippen LogP contribution in [-0.2, 0) is 9.53 Å². The number of para-hydroxylation sites is 1. The van der Waals surface area contributed by atoms with Crippen LogP contribution in [-0.4, -0.2) is 31.6 Å². The van der Waals surface area contributed by atoms with Gasteiger partial charge in [-0.2, -0.15) is 5.26 Å². The Morgan fingerprint density at radius 3 is 2.42 bits per heavy atom. The van der Waals surface area contributed by atoms with E-state index in [0.29, 0.717) is 0 Å². The molecule has 0 spiro atoms. The van der Waals surface area contributed by atoms with Crippen LogP contribution in [0.4, 0.5) is 17.1 Å². The van der Waals surface area contributed by atoms with Gasteiger partial charge in [-0.05, 0) is 63.6 Å². The maximum Gasteiger partial charge on any atom is 0.340 e. The molecule has 0 fully saturated rings. The molecule has 0 bridgehead atoms. The summed E-state index contributed by atoms with van der Waals surface area (Å²) in [5, 5.41) is 15.1. The van der Waals surface area contributed by atoms with Crippen LogP contribution in [0.3, 0.4) is 0 Å². The Morgan fingerprint density at radius 2 is 1.81 bits per heavy atom. The van der Waals surface area contributed by atoms with E-state index in [-0.39, 0.29) is 23.4 Å². The highest BCUT2D eigenvalue weighted by Gasteiger charge is 2.16. The van der Waals surface area contributed by atoms with Crippen LogP contribution >= 0.6 is 0 Å². The fraction of sp³-hybridized carbons (Fsp3) is 0.292. The molecule has 0 atom stereocenters. The van der Waals surface area contributed by atoms with Crippen molar-refractivity contribution >= 4 is 28.9 Å². The number of rotatable bonds is 9. The number of aryl methyl sites for hydroxylation is 1. The Morgan fingerprint density at radius 1 is 1.10 bits per heavy atom. The second kappa shape index (κ2) is 11.4. The highest BCUT2D eigenvalue weighted by Crippen LogP contribution is 2.23. The van der Waals surface area contributed by atoms with Crippen molar-refractivity contribution in [3.8, 4) is 6.07 Å². The van der Waals surface area contributed by atoms with Gasteiger partial charge in [0.1, 0.15) is 11.6 Å². The monoisotopic (exact) mass is 420 g/mol. The van der Waals surface area contributed by atoms with Crippen LogP contribution < -0.4 is 15.5 Å². The zero-order valence-corrected chi connectivity index (χ0v) is 18.4. The Labute approximate surface area is 183 Å². The third kappa shape index (κ3) is 6.09. The van der Waals surface area contributed by atoms with Gasteiger partial charge in [0.2, 0.25) is 0 Å². The molecule has 31 heavy (non-hydrogen) atoms. The molecule has 162 valence electrons. The van der Waals surface area contributed by atoms with Crippen LogP contribution in [0.25, 0.3) is 0 Å². The van der Waals surface area contributed by atoms with Gasteiger partial charge in [-0.25, -0.2) is 4.79 Å². The van der Waals surface area contributed by atoms with E-state index in [1.165, 1.54) is 6.20 Å². The summed E-state index contributed by atoms with van der Waals surface area (Å²) in [6, 6.07) is 14.4. The molecule has 0 aromatic heterocycles. The van der Waals surface area contributed by atoms with Gasteiger partial charge >= 0.3 is 5.97 Å². The van der Waals surface area contributed by atoms with Crippen LogP contribution in [0.2, 0.25) is 0 Å². The van der Waals surface area contributed by atoms with E-state index in [4.69, 9.17) is 4.74 Å². The van der Waals surface area contributed by atoms with Gasteiger partial charge in [0.05, 0.1) is 17.9 Å². The van der Waals surface area contributed by atoms with E-state index in [1.54, 1.807) is 31.2 Å². The topological polar surface area (TPSA) is 94.5 Å². The zero-order chi connectivity index (χ0) is 22.8. The average molecular weight is 421 g/mol. The maximum atomic E-state index is 12.6. The number of benzene rings is 2. The lowest BCUT2D eigenvalue weighted by molar-refractivity contribution is -0.112. The van der Waals surface area contributed by atoms with Crippen LogP contribution in [0.1, 0.15) is 36.7 Å². The summed E-state index contributed by atoms with van der Waals surface area (Å²) in [6.45, 7) is 9.92. The highest BCUT2D eigenvalue weighted by molar-refractivity contribution is 6.09. The van der Waals surface area contributed by atoms with Crippen molar-refractivity contribution in [2.45, 2.75) is 27.7 Å². The van der Waals surface area contributed by atoms with E-state index in [2.05, 4.69) is 35.4 Å². The number of esters is 1. The predicted molar refractivity (Wildman–Crippen MR) is 123 cm³/mol. The molecule has 2 N–H and O–H groups in total. The molecule has 2 aromatic rings. The number of carbonyl (C=O) groups excluding carboxylic acids is 2. The van der Waals surface area contributed by atoms with Crippen molar-refractivity contribution in [3.05, 3.63) is 65.4 Å². The molecule has 0 aliphatic rings. The van der Waals surface area contributed by atoms with Crippen LogP contribution in [0, 0.1) is 18.3 Å². The maximum absolute atomic E-state index is 12.6. The Hall–Kier alpha value is -3.79. The lowest BCUT2D eigenvalue weighted by Crippen LogP contribution is -2.21. The number of nitriles is 1. The van der Waals surface area contributed by atoms with E-state index in [9.17, 15) is 14.9 Å². The largest absolute Gasteiger partial charge is 0.462 e. The molecule has 0 heterocycles.